The van der Waals surface area contributed by atoms with Gasteiger partial charge in [0.25, 0.3) is 0 Å². The highest BCUT2D eigenvalue weighted by atomic mass is 16.5. The number of rotatable bonds is 6. The van der Waals surface area contributed by atoms with Crippen LogP contribution in [0.3, 0.4) is 0 Å². The highest BCUT2D eigenvalue weighted by Gasteiger charge is 2.14. The molecule has 1 heterocycles. The Hall–Kier alpha value is -2.75. The number of ether oxygens (including phenoxy) is 1. The predicted molar refractivity (Wildman–Crippen MR) is 104 cm³/mol. The molecular weight excluding hydrogens is 326 g/mol. The molecule has 0 radical (unpaired) electrons. The van der Waals surface area contributed by atoms with Crippen LogP contribution in [0.4, 0.5) is 0 Å². The summed E-state index contributed by atoms with van der Waals surface area (Å²) in [6.07, 6.45) is 1.98. The van der Waals surface area contributed by atoms with Crippen LogP contribution in [-0.2, 0) is 11.2 Å². The van der Waals surface area contributed by atoms with Gasteiger partial charge in [0.1, 0.15) is 11.3 Å². The van der Waals surface area contributed by atoms with E-state index >= 15 is 0 Å². The van der Waals surface area contributed by atoms with E-state index in [-0.39, 0.29) is 11.9 Å². The summed E-state index contributed by atoms with van der Waals surface area (Å²) in [6.45, 7) is 8.68. The second kappa shape index (κ2) is 7.65. The van der Waals surface area contributed by atoms with Crippen molar-refractivity contribution in [1.82, 2.24) is 5.32 Å². The minimum Gasteiger partial charge on any atom is -0.494 e. The molecule has 1 atom stereocenters. The summed E-state index contributed by atoms with van der Waals surface area (Å²) in [6, 6.07) is 11.8. The average Bonchev–Trinajstić information content (AvgIpc) is 2.97. The SMILES string of the molecule is CCOc1cccc(C(C)NC(=O)Cc2coc3cc(C)c(C)cc23)c1. The number of hydrogen-bond acceptors (Lipinski definition) is 3. The molecular formula is C22H25NO3. The van der Waals surface area contributed by atoms with E-state index in [1.807, 2.05) is 44.2 Å². The monoisotopic (exact) mass is 351 g/mol. The van der Waals surface area contributed by atoms with Crippen LogP contribution in [-0.4, -0.2) is 12.5 Å². The molecule has 1 unspecified atom stereocenters. The summed E-state index contributed by atoms with van der Waals surface area (Å²) >= 11 is 0. The molecule has 0 aliphatic heterocycles. The first-order valence-electron chi connectivity index (χ1n) is 8.97. The van der Waals surface area contributed by atoms with Crippen molar-refractivity contribution < 1.29 is 13.9 Å². The van der Waals surface area contributed by atoms with Gasteiger partial charge in [-0.15, -0.1) is 0 Å². The van der Waals surface area contributed by atoms with Crippen molar-refractivity contribution in [3.63, 3.8) is 0 Å². The fourth-order valence-corrected chi connectivity index (χ4v) is 3.06. The third-order valence-electron chi connectivity index (χ3n) is 4.67. The van der Waals surface area contributed by atoms with E-state index in [9.17, 15) is 4.79 Å². The Balaban J connectivity index is 1.71. The van der Waals surface area contributed by atoms with Crippen LogP contribution in [0.5, 0.6) is 5.75 Å². The van der Waals surface area contributed by atoms with Crippen molar-refractivity contribution in [2.24, 2.45) is 0 Å². The molecule has 0 saturated carbocycles. The first kappa shape index (κ1) is 18.1. The zero-order valence-corrected chi connectivity index (χ0v) is 15.8. The van der Waals surface area contributed by atoms with E-state index in [1.54, 1.807) is 6.26 Å². The number of aryl methyl sites for hydroxylation is 2. The molecule has 1 N–H and O–H groups in total. The zero-order chi connectivity index (χ0) is 18.7. The van der Waals surface area contributed by atoms with Gasteiger partial charge < -0.3 is 14.5 Å². The molecule has 0 bridgehead atoms. The first-order chi connectivity index (χ1) is 12.5. The van der Waals surface area contributed by atoms with E-state index in [2.05, 4.69) is 25.2 Å². The zero-order valence-electron chi connectivity index (χ0n) is 15.8. The number of fused-ring (bicyclic) bond motifs is 1. The lowest BCUT2D eigenvalue weighted by Gasteiger charge is -2.15. The Labute approximate surface area is 154 Å². The molecule has 26 heavy (non-hydrogen) atoms. The molecule has 4 heteroatoms. The minimum absolute atomic E-state index is 0.0276. The van der Waals surface area contributed by atoms with Crippen LogP contribution in [0.25, 0.3) is 11.0 Å². The molecule has 4 nitrogen and oxygen atoms in total. The van der Waals surface area contributed by atoms with Crippen LogP contribution in [0.2, 0.25) is 0 Å². The number of benzene rings is 2. The maximum atomic E-state index is 12.5. The van der Waals surface area contributed by atoms with E-state index in [4.69, 9.17) is 9.15 Å². The molecule has 0 aliphatic carbocycles. The fourth-order valence-electron chi connectivity index (χ4n) is 3.06. The Morgan fingerprint density at radius 1 is 1.19 bits per heavy atom. The second-order valence-corrected chi connectivity index (χ2v) is 6.67. The topological polar surface area (TPSA) is 51.5 Å². The Bertz CT molecular complexity index is 926. The van der Waals surface area contributed by atoms with Gasteiger partial charge in [0.05, 0.1) is 25.3 Å². The van der Waals surface area contributed by atoms with Crippen molar-refractivity contribution >= 4 is 16.9 Å². The van der Waals surface area contributed by atoms with Crippen LogP contribution in [0, 0.1) is 13.8 Å². The Kier molecular flexibility index (Phi) is 5.31. The van der Waals surface area contributed by atoms with Gasteiger partial charge >= 0.3 is 0 Å². The standard InChI is InChI=1S/C22H25NO3/c1-5-25-19-8-6-7-17(11-19)16(4)23-22(24)12-18-13-26-21-10-15(3)14(2)9-20(18)21/h6-11,13,16H,5,12H2,1-4H3,(H,23,24). The quantitative estimate of drug-likeness (QED) is 0.689. The lowest BCUT2D eigenvalue weighted by Crippen LogP contribution is -2.28. The normalized spacial score (nSPS) is 12.2. The highest BCUT2D eigenvalue weighted by Crippen LogP contribution is 2.25. The summed E-state index contributed by atoms with van der Waals surface area (Å²) in [5, 5.41) is 4.07. The molecule has 0 aliphatic rings. The van der Waals surface area contributed by atoms with Gasteiger partial charge in [-0.25, -0.2) is 0 Å². The molecule has 2 aromatic carbocycles. The molecule has 1 aromatic heterocycles. The second-order valence-electron chi connectivity index (χ2n) is 6.67. The van der Waals surface area contributed by atoms with Gasteiger partial charge in [-0.05, 0) is 68.7 Å². The van der Waals surface area contributed by atoms with Gasteiger partial charge in [0.15, 0.2) is 0 Å². The van der Waals surface area contributed by atoms with E-state index < -0.39 is 0 Å². The highest BCUT2D eigenvalue weighted by molar-refractivity contribution is 5.88. The number of carbonyl (C=O) groups excluding carboxylic acids is 1. The van der Waals surface area contributed by atoms with E-state index in [0.717, 1.165) is 27.8 Å². The number of furan rings is 1. The summed E-state index contributed by atoms with van der Waals surface area (Å²) in [5.74, 6) is 0.790. The molecule has 1 amide bonds. The molecule has 136 valence electrons. The lowest BCUT2D eigenvalue weighted by atomic mass is 10.0. The maximum absolute atomic E-state index is 12.5. The average molecular weight is 351 g/mol. The number of carbonyl (C=O) groups is 1. The largest absolute Gasteiger partial charge is 0.494 e. The van der Waals surface area contributed by atoms with E-state index in [1.165, 1.54) is 11.1 Å². The molecule has 3 rings (SSSR count). The third-order valence-corrected chi connectivity index (χ3v) is 4.67. The Morgan fingerprint density at radius 2 is 1.96 bits per heavy atom. The van der Waals surface area contributed by atoms with Crippen LogP contribution in [0.1, 0.15) is 42.1 Å². The maximum Gasteiger partial charge on any atom is 0.225 e. The van der Waals surface area contributed by atoms with Crippen molar-refractivity contribution in [2.75, 3.05) is 6.61 Å². The number of amides is 1. The summed E-state index contributed by atoms with van der Waals surface area (Å²) < 4.78 is 11.2. The fraction of sp³-hybridized carbons (Fsp3) is 0.318. The van der Waals surface area contributed by atoms with Crippen LogP contribution >= 0.6 is 0 Å². The Morgan fingerprint density at radius 3 is 2.73 bits per heavy atom. The van der Waals surface area contributed by atoms with Crippen LogP contribution in [0.15, 0.2) is 47.1 Å². The minimum atomic E-state index is -0.0925. The molecule has 0 spiro atoms. The first-order valence-corrected chi connectivity index (χ1v) is 8.97. The molecule has 0 saturated heterocycles. The summed E-state index contributed by atoms with van der Waals surface area (Å²) in [4.78, 5) is 12.5. The van der Waals surface area contributed by atoms with Gasteiger partial charge in [-0.2, -0.15) is 0 Å². The third kappa shape index (κ3) is 3.90. The molecule has 3 aromatic rings. The predicted octanol–water partition coefficient (Wildman–Crippen LogP) is 4.87. The van der Waals surface area contributed by atoms with E-state index in [0.29, 0.717) is 13.0 Å². The van der Waals surface area contributed by atoms with Crippen LogP contribution < -0.4 is 10.1 Å². The smallest absolute Gasteiger partial charge is 0.225 e. The van der Waals surface area contributed by atoms with Gasteiger partial charge in [-0.3, -0.25) is 4.79 Å². The van der Waals surface area contributed by atoms with Gasteiger partial charge in [0.2, 0.25) is 5.91 Å². The lowest BCUT2D eigenvalue weighted by molar-refractivity contribution is -0.121. The van der Waals surface area contributed by atoms with Gasteiger partial charge in [-0.1, -0.05) is 12.1 Å². The van der Waals surface area contributed by atoms with Crippen molar-refractivity contribution in [3.05, 3.63) is 64.9 Å². The van der Waals surface area contributed by atoms with Crippen molar-refractivity contribution in [2.45, 2.75) is 40.2 Å². The molecule has 0 fully saturated rings. The van der Waals surface area contributed by atoms with Crippen molar-refractivity contribution in [3.8, 4) is 5.75 Å². The summed E-state index contributed by atoms with van der Waals surface area (Å²) in [5.41, 5.74) is 5.14. The van der Waals surface area contributed by atoms with Crippen molar-refractivity contribution in [1.29, 1.82) is 0 Å². The number of hydrogen-bond donors (Lipinski definition) is 1. The number of nitrogens with one attached hydrogen (secondary N) is 1. The van der Waals surface area contributed by atoms with Gasteiger partial charge in [0, 0.05) is 10.9 Å². The summed E-state index contributed by atoms with van der Waals surface area (Å²) in [7, 11) is 0.